The molecular formula is C22H28N6O7S. The van der Waals surface area contributed by atoms with E-state index < -0.39 is 60.2 Å². The van der Waals surface area contributed by atoms with Crippen molar-refractivity contribution >= 4 is 42.3 Å². The monoisotopic (exact) mass is 520 g/mol. The number of aliphatic carboxylic acids is 2. The van der Waals surface area contributed by atoms with Crippen molar-refractivity contribution in [3.05, 3.63) is 54.1 Å². The summed E-state index contributed by atoms with van der Waals surface area (Å²) >= 11 is 3.90. The molecule has 4 unspecified atom stereocenters. The molecule has 0 fully saturated rings. The standard InChI is InChI=1S/C22H28N6O7S/c23-14(6-12-4-2-1-3-5-12)19(31)26-16(8-18(29)30)21(33)27-15(7-13-9-24-11-25-13)20(32)28-17(10-36)22(34)35/h1-5,9,11,14-17,36H,6-8,10,23H2,(H,24,25)(H,26,31)(H,27,33)(H,28,32)(H,29,30)(H,34,35). The fourth-order valence-electron chi connectivity index (χ4n) is 3.18. The highest BCUT2D eigenvalue weighted by molar-refractivity contribution is 7.80. The van der Waals surface area contributed by atoms with E-state index in [1.807, 2.05) is 0 Å². The van der Waals surface area contributed by atoms with E-state index in [4.69, 9.17) is 5.73 Å². The predicted molar refractivity (Wildman–Crippen MR) is 130 cm³/mol. The van der Waals surface area contributed by atoms with Crippen LogP contribution in [0.2, 0.25) is 0 Å². The molecule has 1 aromatic heterocycles. The third kappa shape index (κ3) is 9.03. The number of nitrogens with zero attached hydrogens (tertiary/aromatic N) is 1. The molecule has 0 aliphatic carbocycles. The number of aromatic amines is 1. The number of aromatic nitrogens is 2. The summed E-state index contributed by atoms with van der Waals surface area (Å²) in [5.74, 6) is -5.47. The number of nitrogens with one attached hydrogen (secondary N) is 4. The summed E-state index contributed by atoms with van der Waals surface area (Å²) in [6.07, 6.45) is 2.01. The number of nitrogens with two attached hydrogens (primary N) is 1. The molecule has 4 atom stereocenters. The minimum Gasteiger partial charge on any atom is -0.481 e. The first-order valence-electron chi connectivity index (χ1n) is 10.8. The van der Waals surface area contributed by atoms with Gasteiger partial charge >= 0.3 is 11.9 Å². The Balaban J connectivity index is 2.15. The average molecular weight is 521 g/mol. The summed E-state index contributed by atoms with van der Waals surface area (Å²) in [4.78, 5) is 67.6. The van der Waals surface area contributed by atoms with Gasteiger partial charge in [-0.2, -0.15) is 12.6 Å². The zero-order valence-electron chi connectivity index (χ0n) is 19.1. The van der Waals surface area contributed by atoms with Crippen LogP contribution in [0.15, 0.2) is 42.9 Å². The summed E-state index contributed by atoms with van der Waals surface area (Å²) in [6.45, 7) is 0. The van der Waals surface area contributed by atoms with Gasteiger partial charge in [0.1, 0.15) is 18.1 Å². The van der Waals surface area contributed by atoms with E-state index in [-0.39, 0.29) is 18.6 Å². The molecule has 2 aromatic rings. The fraction of sp³-hybridized carbons (Fsp3) is 0.364. The van der Waals surface area contributed by atoms with Gasteiger partial charge in [-0.05, 0) is 12.0 Å². The van der Waals surface area contributed by atoms with Gasteiger partial charge in [-0.15, -0.1) is 0 Å². The number of H-pyrrole nitrogens is 1. The van der Waals surface area contributed by atoms with Gasteiger partial charge in [-0.25, -0.2) is 9.78 Å². The summed E-state index contributed by atoms with van der Waals surface area (Å²) < 4.78 is 0. The number of hydrogen-bond acceptors (Lipinski definition) is 8. The predicted octanol–water partition coefficient (Wildman–Crippen LogP) is -1.53. The topological polar surface area (TPSA) is 217 Å². The Morgan fingerprint density at radius 2 is 1.53 bits per heavy atom. The number of amides is 3. The lowest BCUT2D eigenvalue weighted by molar-refractivity contribution is -0.142. The Bertz CT molecular complexity index is 1050. The molecule has 0 bridgehead atoms. The first-order chi connectivity index (χ1) is 17.1. The van der Waals surface area contributed by atoms with Gasteiger partial charge in [0.25, 0.3) is 0 Å². The second kappa shape index (κ2) is 13.8. The van der Waals surface area contributed by atoms with Crippen LogP contribution in [-0.4, -0.2) is 79.8 Å². The van der Waals surface area contributed by atoms with Gasteiger partial charge in [-0.3, -0.25) is 19.2 Å². The van der Waals surface area contributed by atoms with Crippen LogP contribution >= 0.6 is 12.6 Å². The first-order valence-corrected chi connectivity index (χ1v) is 11.5. The first kappa shape index (κ1) is 28.3. The quantitative estimate of drug-likeness (QED) is 0.135. The maximum atomic E-state index is 13.0. The van der Waals surface area contributed by atoms with Gasteiger partial charge in [0.15, 0.2) is 0 Å². The van der Waals surface area contributed by atoms with E-state index in [0.29, 0.717) is 5.69 Å². The number of carbonyl (C=O) groups excluding carboxylic acids is 3. The van der Waals surface area contributed by atoms with Gasteiger partial charge in [0, 0.05) is 24.1 Å². The lowest BCUT2D eigenvalue weighted by Gasteiger charge is -2.24. The molecular weight excluding hydrogens is 492 g/mol. The van der Waals surface area contributed by atoms with Crippen molar-refractivity contribution in [3.63, 3.8) is 0 Å². The Morgan fingerprint density at radius 3 is 2.08 bits per heavy atom. The molecule has 0 radical (unpaired) electrons. The molecule has 194 valence electrons. The van der Waals surface area contributed by atoms with Gasteiger partial charge < -0.3 is 36.9 Å². The molecule has 0 aliphatic heterocycles. The molecule has 13 nitrogen and oxygen atoms in total. The van der Waals surface area contributed by atoms with E-state index in [0.717, 1.165) is 5.56 Å². The maximum absolute atomic E-state index is 13.0. The van der Waals surface area contributed by atoms with E-state index in [1.165, 1.54) is 12.5 Å². The fourth-order valence-corrected chi connectivity index (χ4v) is 3.43. The van der Waals surface area contributed by atoms with Crippen LogP contribution < -0.4 is 21.7 Å². The van der Waals surface area contributed by atoms with Gasteiger partial charge in [-0.1, -0.05) is 30.3 Å². The molecule has 3 amide bonds. The Morgan fingerprint density at radius 1 is 0.917 bits per heavy atom. The van der Waals surface area contributed by atoms with E-state index >= 15 is 0 Å². The number of rotatable bonds is 14. The molecule has 1 heterocycles. The second-order valence-corrected chi connectivity index (χ2v) is 8.24. The van der Waals surface area contributed by atoms with Crippen LogP contribution in [0.4, 0.5) is 0 Å². The number of imidazole rings is 1. The highest BCUT2D eigenvalue weighted by Gasteiger charge is 2.31. The van der Waals surface area contributed by atoms with E-state index in [1.54, 1.807) is 30.3 Å². The second-order valence-electron chi connectivity index (χ2n) is 7.88. The summed E-state index contributed by atoms with van der Waals surface area (Å²) in [7, 11) is 0. The van der Waals surface area contributed by atoms with Crippen LogP contribution in [0.5, 0.6) is 0 Å². The smallest absolute Gasteiger partial charge is 0.327 e. The molecule has 0 saturated heterocycles. The molecule has 2 rings (SSSR count). The van der Waals surface area contributed by atoms with E-state index in [9.17, 15) is 34.2 Å². The minimum atomic E-state index is -1.55. The minimum absolute atomic E-state index is 0.113. The number of carboxylic acid groups (broad SMARTS) is 2. The number of carboxylic acids is 2. The van der Waals surface area contributed by atoms with Crippen molar-refractivity contribution in [2.24, 2.45) is 5.73 Å². The van der Waals surface area contributed by atoms with Crippen LogP contribution in [0.3, 0.4) is 0 Å². The van der Waals surface area contributed by atoms with Crippen molar-refractivity contribution in [3.8, 4) is 0 Å². The number of carbonyl (C=O) groups is 5. The van der Waals surface area contributed by atoms with Crippen LogP contribution in [0.1, 0.15) is 17.7 Å². The van der Waals surface area contributed by atoms with Crippen molar-refractivity contribution in [1.29, 1.82) is 0 Å². The average Bonchev–Trinajstić information content (AvgIpc) is 3.34. The number of thiol groups is 1. The Labute approximate surface area is 211 Å². The molecule has 0 aliphatic rings. The molecule has 0 saturated carbocycles. The number of benzene rings is 1. The normalized spacial score (nSPS) is 14.1. The Hall–Kier alpha value is -3.91. The zero-order chi connectivity index (χ0) is 26.7. The van der Waals surface area contributed by atoms with Gasteiger partial charge in [0.05, 0.1) is 18.8 Å². The summed E-state index contributed by atoms with van der Waals surface area (Å²) in [6, 6.07) is 3.63. The Kier molecular flexibility index (Phi) is 10.9. The van der Waals surface area contributed by atoms with Crippen molar-refractivity contribution in [2.75, 3.05) is 5.75 Å². The van der Waals surface area contributed by atoms with Gasteiger partial charge in [0.2, 0.25) is 17.7 Å². The number of hydrogen-bond donors (Lipinski definition) is 8. The highest BCUT2D eigenvalue weighted by atomic mass is 32.1. The molecule has 8 N–H and O–H groups in total. The van der Waals surface area contributed by atoms with Crippen molar-refractivity contribution in [1.82, 2.24) is 25.9 Å². The van der Waals surface area contributed by atoms with Crippen molar-refractivity contribution < 1.29 is 34.2 Å². The summed E-state index contributed by atoms with van der Waals surface area (Å²) in [5.41, 5.74) is 7.15. The molecule has 0 spiro atoms. The van der Waals surface area contributed by atoms with Crippen molar-refractivity contribution in [2.45, 2.75) is 43.4 Å². The lowest BCUT2D eigenvalue weighted by atomic mass is 10.0. The lowest BCUT2D eigenvalue weighted by Crippen LogP contribution is -2.58. The maximum Gasteiger partial charge on any atom is 0.327 e. The van der Waals surface area contributed by atoms with Crippen LogP contribution in [0.25, 0.3) is 0 Å². The molecule has 36 heavy (non-hydrogen) atoms. The molecule has 1 aromatic carbocycles. The third-order valence-corrected chi connectivity index (χ3v) is 5.42. The van der Waals surface area contributed by atoms with Crippen LogP contribution in [0, 0.1) is 0 Å². The molecule has 14 heteroatoms. The SMILES string of the molecule is NC(Cc1ccccc1)C(=O)NC(CC(=O)O)C(=O)NC(Cc1cnc[nH]1)C(=O)NC(CS)C(=O)O. The zero-order valence-corrected chi connectivity index (χ0v) is 20.0. The third-order valence-electron chi connectivity index (χ3n) is 5.06. The summed E-state index contributed by atoms with van der Waals surface area (Å²) in [5, 5.41) is 25.4. The largest absolute Gasteiger partial charge is 0.481 e. The highest BCUT2D eigenvalue weighted by Crippen LogP contribution is 2.05. The van der Waals surface area contributed by atoms with Crippen LogP contribution in [-0.2, 0) is 36.8 Å². The van der Waals surface area contributed by atoms with E-state index in [2.05, 4.69) is 38.5 Å².